The molecule has 6 heteroatoms. The molecule has 0 bridgehead atoms. The van der Waals surface area contributed by atoms with Gasteiger partial charge in [0.25, 0.3) is 0 Å². The summed E-state index contributed by atoms with van der Waals surface area (Å²) in [6.45, 7) is 7.12. The number of rotatable bonds is 3. The number of hydrogen-bond acceptors (Lipinski definition) is 6. The van der Waals surface area contributed by atoms with Crippen molar-refractivity contribution in [3.05, 3.63) is 12.7 Å². The summed E-state index contributed by atoms with van der Waals surface area (Å²) in [5, 5.41) is 8.59. The molecule has 6 nitrogen and oxygen atoms in total. The van der Waals surface area contributed by atoms with Crippen LogP contribution in [0, 0.1) is 0 Å². The highest BCUT2D eigenvalue weighted by molar-refractivity contribution is 5.82. The van der Waals surface area contributed by atoms with E-state index >= 15 is 0 Å². The van der Waals surface area contributed by atoms with E-state index in [2.05, 4.69) is 16.1 Å². The van der Waals surface area contributed by atoms with Crippen molar-refractivity contribution in [2.24, 2.45) is 0 Å². The highest BCUT2D eigenvalue weighted by atomic mass is 16.6. The zero-order valence-electron chi connectivity index (χ0n) is 9.56. The average molecular weight is 232 g/mol. The zero-order chi connectivity index (χ0) is 13.1. The molecule has 1 unspecified atom stereocenters. The summed E-state index contributed by atoms with van der Waals surface area (Å²) < 4.78 is 8.42. The quantitative estimate of drug-likeness (QED) is 0.424. The number of esters is 3. The number of ether oxygens (including phenoxy) is 2. The van der Waals surface area contributed by atoms with E-state index in [1.165, 1.54) is 20.8 Å². The maximum absolute atomic E-state index is 10.3. The lowest BCUT2D eigenvalue weighted by molar-refractivity contribution is -0.156. The average Bonchev–Trinajstić information content (AvgIpc) is 2.12. The van der Waals surface area contributed by atoms with Gasteiger partial charge in [-0.15, -0.1) is 0 Å². The topological polar surface area (TPSA) is 89.9 Å². The highest BCUT2D eigenvalue weighted by Gasteiger charge is 1.98. The highest BCUT2D eigenvalue weighted by Crippen LogP contribution is 1.83. The molecule has 0 rings (SSSR count). The molecule has 0 fully saturated rings. The van der Waals surface area contributed by atoms with Crippen LogP contribution in [0.25, 0.3) is 0 Å². The maximum Gasteiger partial charge on any atom is 0.330 e. The zero-order valence-corrected chi connectivity index (χ0v) is 9.56. The number of carbonyl (C=O) groups excluding carboxylic acids is 3. The van der Waals surface area contributed by atoms with Crippen molar-refractivity contribution >= 4 is 17.9 Å². The third kappa shape index (κ3) is 18.2. The normalized spacial score (nSPS) is 10.2. The molecular weight excluding hydrogens is 216 g/mol. The molecule has 0 saturated heterocycles. The molecule has 0 aliphatic heterocycles. The van der Waals surface area contributed by atoms with Crippen LogP contribution in [0.5, 0.6) is 0 Å². The van der Waals surface area contributed by atoms with Gasteiger partial charge in [0.1, 0.15) is 6.61 Å². The monoisotopic (exact) mass is 232 g/mol. The summed E-state index contributed by atoms with van der Waals surface area (Å²) in [6.07, 6.45) is 0.455. The van der Waals surface area contributed by atoms with Gasteiger partial charge in [-0.3, -0.25) is 9.59 Å². The molecule has 0 spiro atoms. The molecule has 0 aromatic rings. The van der Waals surface area contributed by atoms with Crippen LogP contribution in [0.3, 0.4) is 0 Å². The van der Waals surface area contributed by atoms with E-state index in [0.717, 1.165) is 6.08 Å². The first-order chi connectivity index (χ1) is 7.29. The Morgan fingerprint density at radius 3 is 1.94 bits per heavy atom. The van der Waals surface area contributed by atoms with Crippen LogP contribution in [0.2, 0.25) is 0 Å². The number of hydrogen-bond donors (Lipinski definition) is 1. The minimum Gasteiger partial charge on any atom is -0.460 e. The third-order valence-corrected chi connectivity index (χ3v) is 0.921. The van der Waals surface area contributed by atoms with Gasteiger partial charge in [0, 0.05) is 19.9 Å². The first-order valence-electron chi connectivity index (χ1n) is 4.45. The standard InChI is InChI=1S/C6H10O3.C4H6O3/c1-3-6(8)9-4-5(2)7;1-3(5)7-4(2)6/h3,5,7H,1,4H2,2H3;1-2H3. The van der Waals surface area contributed by atoms with Gasteiger partial charge < -0.3 is 14.6 Å². The lowest BCUT2D eigenvalue weighted by Crippen LogP contribution is -2.13. The summed E-state index contributed by atoms with van der Waals surface area (Å²) in [6, 6.07) is 0. The fourth-order valence-electron chi connectivity index (χ4n) is 0.464. The van der Waals surface area contributed by atoms with E-state index in [1.54, 1.807) is 0 Å². The van der Waals surface area contributed by atoms with Crippen molar-refractivity contribution in [1.29, 1.82) is 0 Å². The van der Waals surface area contributed by atoms with Gasteiger partial charge in [-0.05, 0) is 6.92 Å². The predicted octanol–water partition coefficient (Wildman–Crippen LogP) is 0.192. The molecule has 0 aliphatic carbocycles. The smallest absolute Gasteiger partial charge is 0.330 e. The van der Waals surface area contributed by atoms with Crippen LogP contribution < -0.4 is 0 Å². The van der Waals surface area contributed by atoms with E-state index < -0.39 is 24.0 Å². The van der Waals surface area contributed by atoms with Crippen molar-refractivity contribution in [2.45, 2.75) is 26.9 Å². The van der Waals surface area contributed by atoms with Crippen molar-refractivity contribution in [1.82, 2.24) is 0 Å². The van der Waals surface area contributed by atoms with Gasteiger partial charge in [-0.25, -0.2) is 4.79 Å². The van der Waals surface area contributed by atoms with Crippen molar-refractivity contribution in [2.75, 3.05) is 6.61 Å². The lowest BCUT2D eigenvalue weighted by atomic mass is 10.4. The van der Waals surface area contributed by atoms with Crippen LogP contribution in [-0.2, 0) is 23.9 Å². The SMILES string of the molecule is C=CC(=O)OCC(C)O.CC(=O)OC(C)=O. The molecule has 0 amide bonds. The van der Waals surface area contributed by atoms with Crippen LogP contribution in [0.4, 0.5) is 0 Å². The summed E-state index contributed by atoms with van der Waals surface area (Å²) in [4.78, 5) is 29.9. The van der Waals surface area contributed by atoms with Gasteiger partial charge in [0.15, 0.2) is 0 Å². The fourth-order valence-corrected chi connectivity index (χ4v) is 0.464. The Balaban J connectivity index is 0. The van der Waals surface area contributed by atoms with E-state index in [-0.39, 0.29) is 6.61 Å². The molecular formula is C10H16O6. The fraction of sp³-hybridized carbons (Fsp3) is 0.500. The maximum atomic E-state index is 10.3. The second-order valence-corrected chi connectivity index (χ2v) is 2.77. The van der Waals surface area contributed by atoms with Crippen LogP contribution in [0.15, 0.2) is 12.7 Å². The molecule has 16 heavy (non-hydrogen) atoms. The second kappa shape index (κ2) is 9.85. The van der Waals surface area contributed by atoms with Gasteiger partial charge in [-0.1, -0.05) is 6.58 Å². The van der Waals surface area contributed by atoms with Gasteiger partial charge >= 0.3 is 17.9 Å². The van der Waals surface area contributed by atoms with E-state index in [4.69, 9.17) is 5.11 Å². The summed E-state index contributed by atoms with van der Waals surface area (Å²) in [7, 11) is 0. The molecule has 0 heterocycles. The van der Waals surface area contributed by atoms with Crippen molar-refractivity contribution < 1.29 is 29.0 Å². The Labute approximate surface area is 93.8 Å². The molecule has 92 valence electrons. The Bertz CT molecular complexity index is 244. The number of carbonyl (C=O) groups is 3. The van der Waals surface area contributed by atoms with Gasteiger partial charge in [0.2, 0.25) is 0 Å². The van der Waals surface area contributed by atoms with E-state index in [1.807, 2.05) is 0 Å². The molecule has 1 atom stereocenters. The number of aliphatic hydroxyl groups is 1. The minimum absolute atomic E-state index is 0.0326. The van der Waals surface area contributed by atoms with Gasteiger partial charge in [-0.2, -0.15) is 0 Å². The Kier molecular flexibility index (Phi) is 10.3. The van der Waals surface area contributed by atoms with Crippen molar-refractivity contribution in [3.63, 3.8) is 0 Å². The summed E-state index contributed by atoms with van der Waals surface area (Å²) in [5.74, 6) is -1.63. The molecule has 1 N–H and O–H groups in total. The third-order valence-electron chi connectivity index (χ3n) is 0.921. The Morgan fingerprint density at radius 2 is 1.75 bits per heavy atom. The van der Waals surface area contributed by atoms with Gasteiger partial charge in [0.05, 0.1) is 6.10 Å². The number of aliphatic hydroxyl groups excluding tert-OH is 1. The molecule has 0 aromatic heterocycles. The Morgan fingerprint density at radius 1 is 1.31 bits per heavy atom. The van der Waals surface area contributed by atoms with Crippen LogP contribution in [0.1, 0.15) is 20.8 Å². The minimum atomic E-state index is -0.603. The molecule has 0 aliphatic rings. The van der Waals surface area contributed by atoms with Crippen molar-refractivity contribution in [3.8, 4) is 0 Å². The second-order valence-electron chi connectivity index (χ2n) is 2.77. The first-order valence-corrected chi connectivity index (χ1v) is 4.45. The van der Waals surface area contributed by atoms with Crippen LogP contribution in [-0.4, -0.2) is 35.7 Å². The molecule has 0 aromatic carbocycles. The van der Waals surface area contributed by atoms with E-state index in [0.29, 0.717) is 0 Å². The Hall–Kier alpha value is -1.69. The predicted molar refractivity (Wildman–Crippen MR) is 55.3 cm³/mol. The lowest BCUT2D eigenvalue weighted by Gasteiger charge is -2.02. The summed E-state index contributed by atoms with van der Waals surface area (Å²) in [5.41, 5.74) is 0. The summed E-state index contributed by atoms with van der Waals surface area (Å²) >= 11 is 0. The first kappa shape index (κ1) is 16.7. The van der Waals surface area contributed by atoms with Crippen LogP contribution >= 0.6 is 0 Å². The molecule has 0 radical (unpaired) electrons. The van der Waals surface area contributed by atoms with E-state index in [9.17, 15) is 14.4 Å². The largest absolute Gasteiger partial charge is 0.460 e. The molecule has 0 saturated carbocycles.